The molecule has 1 aromatic rings. The van der Waals surface area contributed by atoms with Crippen LogP contribution in [0.1, 0.15) is 150 Å². The van der Waals surface area contributed by atoms with Crippen LogP contribution < -0.4 is 29.6 Å². The first-order valence-corrected chi connectivity index (χ1v) is 16.8. The van der Waals surface area contributed by atoms with Gasteiger partial charge in [-0.05, 0) is 18.6 Å². The number of carbonyl (C=O) groups excluding carboxylic acids is 2. The van der Waals surface area contributed by atoms with Crippen molar-refractivity contribution < 1.29 is 61.6 Å². The maximum Gasteiger partial charge on any atom is 1.00 e. The summed E-state index contributed by atoms with van der Waals surface area (Å²) in [6.07, 6.45) is 24.6. The summed E-state index contributed by atoms with van der Waals surface area (Å²) in [5.74, 6) is -2.30. The van der Waals surface area contributed by atoms with Gasteiger partial charge >= 0.3 is 41.5 Å². The van der Waals surface area contributed by atoms with E-state index in [0.29, 0.717) is 0 Å². The number of esters is 2. The number of benzene rings is 1. The van der Waals surface area contributed by atoms with Gasteiger partial charge in [-0.15, -0.1) is 0 Å². The Labute approximate surface area is 265 Å². The second-order valence-electron chi connectivity index (χ2n) is 10.4. The first kappa shape index (κ1) is 39.1. The summed E-state index contributed by atoms with van der Waals surface area (Å²) in [5, 5.41) is 0. The molecule has 0 spiro atoms. The maximum absolute atomic E-state index is 12.4. The topological polar surface area (TPSA) is 110 Å². The molecule has 0 amide bonds. The predicted molar refractivity (Wildman–Crippen MR) is 155 cm³/mol. The van der Waals surface area contributed by atoms with Crippen molar-refractivity contribution in [3.63, 3.8) is 0 Å². The first-order valence-electron chi connectivity index (χ1n) is 15.2. The number of carbonyl (C=O) groups is 2. The van der Waals surface area contributed by atoms with E-state index < -0.39 is 34.4 Å². The molecule has 224 valence electrons. The Morgan fingerprint density at radius 3 is 1.27 bits per heavy atom. The maximum atomic E-state index is 12.4. The Kier molecular flexibility index (Phi) is 25.2. The molecule has 9 heteroatoms. The smallest absolute Gasteiger partial charge is 0.748 e. The Morgan fingerprint density at radius 2 is 0.925 bits per heavy atom. The Bertz CT molecular complexity index is 889. The molecular weight excluding hydrogens is 539 g/mol. The van der Waals surface area contributed by atoms with Gasteiger partial charge in [0.15, 0.2) is 0 Å². The zero-order chi connectivity index (χ0) is 28.6. The minimum Gasteiger partial charge on any atom is -0.748 e. The Balaban J connectivity index is 0.0000152. The van der Waals surface area contributed by atoms with Gasteiger partial charge in [0.05, 0.1) is 33.6 Å². The summed E-state index contributed by atoms with van der Waals surface area (Å²) in [4.78, 5) is 24.6. The summed E-state index contributed by atoms with van der Waals surface area (Å²) < 4.78 is 42.1. The average Bonchev–Trinajstić information content (AvgIpc) is 2.91. The van der Waals surface area contributed by atoms with Crippen LogP contribution in [0.2, 0.25) is 0 Å². The van der Waals surface area contributed by atoms with Crippen molar-refractivity contribution >= 4 is 22.1 Å². The van der Waals surface area contributed by atoms with Gasteiger partial charge in [-0.2, -0.15) is 0 Å². The third-order valence-corrected chi connectivity index (χ3v) is 7.58. The second-order valence-corrected chi connectivity index (χ2v) is 12.0. The second kappa shape index (κ2) is 25.8. The van der Waals surface area contributed by atoms with Gasteiger partial charge < -0.3 is 14.0 Å². The van der Waals surface area contributed by atoms with E-state index in [2.05, 4.69) is 6.92 Å². The molecule has 1 aromatic carbocycles. The van der Waals surface area contributed by atoms with Gasteiger partial charge in [-0.1, -0.05) is 135 Å². The monoisotopic (exact) mass is 590 g/mol. The molecule has 0 N–H and O–H groups in total. The van der Waals surface area contributed by atoms with Crippen LogP contribution in [-0.4, -0.2) is 43.9 Å². The Hall–Kier alpha value is -0.930. The van der Waals surface area contributed by atoms with Crippen molar-refractivity contribution in [2.45, 2.75) is 129 Å². The van der Waals surface area contributed by atoms with E-state index in [9.17, 15) is 22.6 Å². The number of rotatable bonds is 25. The van der Waals surface area contributed by atoms with E-state index in [1.807, 2.05) is 0 Å². The summed E-state index contributed by atoms with van der Waals surface area (Å²) in [6.45, 7) is 1.98. The minimum atomic E-state index is -4.48. The molecule has 0 fully saturated rings. The van der Waals surface area contributed by atoms with Crippen LogP contribution in [0.25, 0.3) is 0 Å². The van der Waals surface area contributed by atoms with Crippen LogP contribution in [0.15, 0.2) is 24.3 Å². The molecular formula is C31H51NaO7S. The molecule has 7 nitrogen and oxygen atoms in total. The fourth-order valence-corrected chi connectivity index (χ4v) is 4.86. The molecule has 1 rings (SSSR count). The first-order chi connectivity index (χ1) is 18.8. The van der Waals surface area contributed by atoms with Crippen LogP contribution in [0.3, 0.4) is 0 Å². The van der Waals surface area contributed by atoms with Crippen molar-refractivity contribution in [2.75, 3.05) is 19.0 Å². The van der Waals surface area contributed by atoms with Crippen LogP contribution in [0.5, 0.6) is 0 Å². The van der Waals surface area contributed by atoms with E-state index in [1.165, 1.54) is 115 Å². The number of unbranched alkanes of at least 4 members (excludes halogenated alkanes) is 18. The summed E-state index contributed by atoms with van der Waals surface area (Å²) >= 11 is 0. The molecule has 0 heterocycles. The van der Waals surface area contributed by atoms with Gasteiger partial charge in [-0.25, -0.2) is 18.0 Å². The number of hydrogen-bond donors (Lipinski definition) is 0. The number of hydrogen-bond acceptors (Lipinski definition) is 7. The van der Waals surface area contributed by atoms with Crippen molar-refractivity contribution in [3.05, 3.63) is 35.4 Å². The molecule has 0 aliphatic heterocycles. The van der Waals surface area contributed by atoms with E-state index in [0.717, 1.165) is 19.3 Å². The minimum absolute atomic E-state index is 0. The quantitative estimate of drug-likeness (QED) is 0.0684. The SMILES string of the molecule is CCCCCCCCCCCCCCCCCCCCCOC(=O)c1ccccc1C(=O)OCCS(=O)(=O)[O-].[Na+]. The molecule has 0 radical (unpaired) electrons. The molecule has 0 saturated carbocycles. The van der Waals surface area contributed by atoms with Gasteiger partial charge in [0.1, 0.15) is 6.61 Å². The molecule has 0 aliphatic rings. The van der Waals surface area contributed by atoms with E-state index in [-0.39, 0.29) is 47.3 Å². The van der Waals surface area contributed by atoms with Gasteiger partial charge in [0, 0.05) is 0 Å². The van der Waals surface area contributed by atoms with E-state index >= 15 is 0 Å². The van der Waals surface area contributed by atoms with Crippen molar-refractivity contribution in [2.24, 2.45) is 0 Å². The van der Waals surface area contributed by atoms with Gasteiger partial charge in [0.2, 0.25) is 0 Å². The molecule has 0 aromatic heterocycles. The molecule has 0 aliphatic carbocycles. The van der Waals surface area contributed by atoms with Crippen molar-refractivity contribution in [3.8, 4) is 0 Å². The summed E-state index contributed by atoms with van der Waals surface area (Å²) in [5.41, 5.74) is 0.0456. The van der Waals surface area contributed by atoms with Crippen LogP contribution >= 0.6 is 0 Å². The van der Waals surface area contributed by atoms with Crippen LogP contribution in [0.4, 0.5) is 0 Å². The molecule has 0 unspecified atom stereocenters. The van der Waals surface area contributed by atoms with Crippen LogP contribution in [-0.2, 0) is 19.6 Å². The zero-order valence-corrected chi connectivity index (χ0v) is 27.9. The fraction of sp³-hybridized carbons (Fsp3) is 0.742. The third kappa shape index (κ3) is 21.8. The van der Waals surface area contributed by atoms with E-state index in [4.69, 9.17) is 9.47 Å². The molecule has 0 atom stereocenters. The van der Waals surface area contributed by atoms with Crippen molar-refractivity contribution in [1.29, 1.82) is 0 Å². The molecule has 0 saturated heterocycles. The summed E-state index contributed by atoms with van der Waals surface area (Å²) in [7, 11) is -4.48. The van der Waals surface area contributed by atoms with Crippen LogP contribution in [0, 0.1) is 0 Å². The zero-order valence-electron chi connectivity index (χ0n) is 25.1. The standard InChI is InChI=1S/C31H52O7S.Na/c1-2-3-4-5-6-7-8-9-10-11-12-13-14-15-16-17-18-19-22-25-37-30(32)28-23-20-21-24-29(28)31(33)38-26-27-39(34,35)36;/h20-21,23-24H,2-19,22,25-27H2,1H3,(H,34,35,36);/q;+1/p-1. The van der Waals surface area contributed by atoms with Gasteiger partial charge in [-0.3, -0.25) is 0 Å². The third-order valence-electron chi connectivity index (χ3n) is 6.91. The Morgan fingerprint density at radius 1 is 0.600 bits per heavy atom. The predicted octanol–water partition coefficient (Wildman–Crippen LogP) is 4.98. The molecule has 0 bridgehead atoms. The summed E-state index contributed by atoms with van der Waals surface area (Å²) in [6, 6.07) is 6.03. The van der Waals surface area contributed by atoms with E-state index in [1.54, 1.807) is 12.1 Å². The van der Waals surface area contributed by atoms with Gasteiger partial charge in [0.25, 0.3) is 0 Å². The fourth-order valence-electron chi connectivity index (χ4n) is 4.58. The largest absolute Gasteiger partial charge is 1.00 e. The molecule has 40 heavy (non-hydrogen) atoms. The van der Waals surface area contributed by atoms with Crippen molar-refractivity contribution in [1.82, 2.24) is 0 Å². The average molecular weight is 591 g/mol. The number of ether oxygens (including phenoxy) is 2. The normalized spacial score (nSPS) is 11.2.